The van der Waals surface area contributed by atoms with Crippen molar-refractivity contribution in [3.05, 3.63) is 28.2 Å². The lowest BCUT2D eigenvalue weighted by Crippen LogP contribution is -2.48. The molecule has 18 heavy (non-hydrogen) atoms. The molecular weight excluding hydrogens is 269 g/mol. The Morgan fingerprint density at radius 3 is 2.61 bits per heavy atom. The van der Waals surface area contributed by atoms with Crippen molar-refractivity contribution in [3.8, 4) is 0 Å². The van der Waals surface area contributed by atoms with Crippen molar-refractivity contribution >= 4 is 34.6 Å². The van der Waals surface area contributed by atoms with Gasteiger partial charge >= 0.3 is 0 Å². The van der Waals surface area contributed by atoms with Gasteiger partial charge in [0, 0.05) is 17.5 Å². The summed E-state index contributed by atoms with van der Waals surface area (Å²) in [5.74, 6) is 0.647. The van der Waals surface area contributed by atoms with Crippen LogP contribution in [0, 0.1) is 5.92 Å². The quantitative estimate of drug-likeness (QED) is 0.842. The molecule has 1 aromatic rings. The van der Waals surface area contributed by atoms with Crippen molar-refractivity contribution in [2.45, 2.75) is 12.8 Å². The van der Waals surface area contributed by atoms with E-state index in [0.717, 1.165) is 12.2 Å². The second-order valence-electron chi connectivity index (χ2n) is 4.89. The minimum atomic E-state index is 0.605. The largest absolute Gasteiger partial charge is 0.298 e. The lowest BCUT2D eigenvalue weighted by Gasteiger charge is -2.39. The van der Waals surface area contributed by atoms with E-state index < -0.39 is 0 Å². The Morgan fingerprint density at radius 2 is 2.00 bits per heavy atom. The number of nitrogens with zero attached hydrogens (tertiary/aromatic N) is 2. The number of halogens is 2. The fourth-order valence-corrected chi connectivity index (χ4v) is 3.07. The molecule has 3 nitrogen and oxygen atoms in total. The molecular formula is C13H15Cl2N3. The molecule has 0 amide bonds. The first-order valence-corrected chi connectivity index (χ1v) is 6.98. The predicted molar refractivity (Wildman–Crippen MR) is 76.7 cm³/mol. The molecule has 3 aliphatic rings. The summed E-state index contributed by atoms with van der Waals surface area (Å²) >= 11 is 12.0. The normalized spacial score (nSPS) is 28.7. The summed E-state index contributed by atoms with van der Waals surface area (Å²) in [4.78, 5) is 2.45. The summed E-state index contributed by atoms with van der Waals surface area (Å²) < 4.78 is 0. The summed E-state index contributed by atoms with van der Waals surface area (Å²) in [6, 6.07) is 5.39. The molecule has 0 radical (unpaired) electrons. The number of anilines is 1. The molecule has 3 aliphatic heterocycles. The van der Waals surface area contributed by atoms with Crippen molar-refractivity contribution in [2.24, 2.45) is 11.0 Å². The molecule has 0 aliphatic carbocycles. The summed E-state index contributed by atoms with van der Waals surface area (Å²) in [5, 5.41) is 5.77. The van der Waals surface area contributed by atoms with E-state index >= 15 is 0 Å². The summed E-state index contributed by atoms with van der Waals surface area (Å²) in [5.41, 5.74) is 5.12. The molecule has 0 unspecified atom stereocenters. The van der Waals surface area contributed by atoms with Gasteiger partial charge in [-0.25, -0.2) is 0 Å². The van der Waals surface area contributed by atoms with Gasteiger partial charge in [-0.15, -0.1) is 0 Å². The Kier molecular flexibility index (Phi) is 3.46. The Labute approximate surface area is 117 Å². The van der Waals surface area contributed by atoms with Gasteiger partial charge in [0.05, 0.1) is 16.4 Å². The highest BCUT2D eigenvalue weighted by atomic mass is 35.5. The van der Waals surface area contributed by atoms with Crippen molar-refractivity contribution < 1.29 is 0 Å². The Balaban J connectivity index is 1.73. The average molecular weight is 284 g/mol. The van der Waals surface area contributed by atoms with Crippen molar-refractivity contribution in [1.82, 2.24) is 4.90 Å². The number of piperidine rings is 3. The molecule has 3 heterocycles. The number of nitrogens with one attached hydrogen (secondary N) is 1. The molecule has 1 N–H and O–H groups in total. The van der Waals surface area contributed by atoms with Crippen LogP contribution in [0.25, 0.3) is 0 Å². The van der Waals surface area contributed by atoms with Crippen molar-refractivity contribution in [3.63, 3.8) is 0 Å². The maximum atomic E-state index is 6.10. The van der Waals surface area contributed by atoms with E-state index in [0.29, 0.717) is 16.0 Å². The van der Waals surface area contributed by atoms with Crippen LogP contribution in [0.2, 0.25) is 10.0 Å². The monoisotopic (exact) mass is 283 g/mol. The van der Waals surface area contributed by atoms with Crippen LogP contribution in [0.15, 0.2) is 23.3 Å². The van der Waals surface area contributed by atoms with Crippen LogP contribution in [0.4, 0.5) is 5.69 Å². The van der Waals surface area contributed by atoms with Crippen LogP contribution in [0.3, 0.4) is 0 Å². The van der Waals surface area contributed by atoms with E-state index in [2.05, 4.69) is 15.4 Å². The van der Waals surface area contributed by atoms with Crippen LogP contribution in [0.1, 0.15) is 12.8 Å². The summed E-state index contributed by atoms with van der Waals surface area (Å²) in [7, 11) is 0. The zero-order chi connectivity index (χ0) is 12.5. The minimum absolute atomic E-state index is 0.605. The molecule has 1 aromatic carbocycles. The topological polar surface area (TPSA) is 27.6 Å². The first-order chi connectivity index (χ1) is 8.72. The molecule has 96 valence electrons. The van der Waals surface area contributed by atoms with Crippen molar-refractivity contribution in [2.75, 3.05) is 25.1 Å². The van der Waals surface area contributed by atoms with E-state index in [9.17, 15) is 0 Å². The van der Waals surface area contributed by atoms with Gasteiger partial charge in [-0.1, -0.05) is 23.2 Å². The Hall–Kier alpha value is -0.770. The van der Waals surface area contributed by atoms with Crippen LogP contribution in [-0.4, -0.2) is 30.2 Å². The SMILES string of the molecule is Clc1ccc(N/N=C2/CN3CCC2CC3)c(Cl)c1. The van der Waals surface area contributed by atoms with Crippen LogP contribution in [0.5, 0.6) is 0 Å². The first-order valence-electron chi connectivity index (χ1n) is 6.22. The Bertz CT molecular complexity index is 479. The smallest absolute Gasteiger partial charge is 0.0749 e. The third-order valence-corrected chi connectivity index (χ3v) is 4.24. The lowest BCUT2D eigenvalue weighted by atomic mass is 9.87. The maximum absolute atomic E-state index is 6.10. The van der Waals surface area contributed by atoms with Crippen LogP contribution >= 0.6 is 23.2 Å². The third-order valence-electron chi connectivity index (χ3n) is 3.70. The molecule has 0 spiro atoms. The van der Waals surface area contributed by atoms with Gasteiger partial charge in [-0.2, -0.15) is 5.10 Å². The first kappa shape index (κ1) is 12.3. The molecule has 2 bridgehead atoms. The molecule has 3 saturated heterocycles. The maximum Gasteiger partial charge on any atom is 0.0749 e. The second-order valence-corrected chi connectivity index (χ2v) is 5.73. The number of hydrogen-bond acceptors (Lipinski definition) is 3. The van der Waals surface area contributed by atoms with Crippen LogP contribution < -0.4 is 5.43 Å². The predicted octanol–water partition coefficient (Wildman–Crippen LogP) is 3.49. The van der Waals surface area contributed by atoms with E-state index in [1.54, 1.807) is 6.07 Å². The summed E-state index contributed by atoms with van der Waals surface area (Å²) in [6.45, 7) is 3.42. The standard InChI is InChI=1S/C13H15Cl2N3/c14-10-1-2-12(11(15)7-10)16-17-13-8-18-5-3-9(13)4-6-18/h1-2,7,9,16H,3-6,8H2/b17-13-. The number of benzene rings is 1. The molecule has 0 saturated carbocycles. The molecule has 0 aromatic heterocycles. The van der Waals surface area contributed by atoms with Crippen molar-refractivity contribution in [1.29, 1.82) is 0 Å². The van der Waals surface area contributed by atoms with E-state index in [-0.39, 0.29) is 0 Å². The highest BCUT2D eigenvalue weighted by molar-refractivity contribution is 6.36. The second kappa shape index (κ2) is 5.08. The highest BCUT2D eigenvalue weighted by Crippen LogP contribution is 2.27. The fraction of sp³-hybridized carbons (Fsp3) is 0.462. The van der Waals surface area contributed by atoms with Gasteiger partial charge in [-0.3, -0.25) is 10.3 Å². The molecule has 0 atom stereocenters. The van der Waals surface area contributed by atoms with Gasteiger partial charge in [0.15, 0.2) is 0 Å². The number of hydrogen-bond donors (Lipinski definition) is 1. The molecule has 3 fully saturated rings. The van der Waals surface area contributed by atoms with Gasteiger partial charge in [-0.05, 0) is 44.1 Å². The minimum Gasteiger partial charge on any atom is -0.298 e. The molecule has 5 heteroatoms. The van der Waals surface area contributed by atoms with Gasteiger partial charge in [0.1, 0.15) is 0 Å². The third kappa shape index (κ3) is 2.48. The number of rotatable bonds is 2. The van der Waals surface area contributed by atoms with E-state index in [1.165, 1.54) is 31.6 Å². The zero-order valence-corrected chi connectivity index (χ0v) is 11.5. The number of hydrazone groups is 1. The number of fused-ring (bicyclic) bond motifs is 3. The van der Waals surface area contributed by atoms with E-state index in [4.69, 9.17) is 23.2 Å². The van der Waals surface area contributed by atoms with Crippen LogP contribution in [-0.2, 0) is 0 Å². The summed E-state index contributed by atoms with van der Waals surface area (Å²) in [6.07, 6.45) is 2.46. The lowest BCUT2D eigenvalue weighted by molar-refractivity contribution is 0.200. The van der Waals surface area contributed by atoms with Gasteiger partial charge < -0.3 is 0 Å². The van der Waals surface area contributed by atoms with Gasteiger partial charge in [0.2, 0.25) is 0 Å². The Morgan fingerprint density at radius 1 is 1.22 bits per heavy atom. The fourth-order valence-electron chi connectivity index (χ4n) is 2.62. The van der Waals surface area contributed by atoms with E-state index in [1.807, 2.05) is 12.1 Å². The highest BCUT2D eigenvalue weighted by Gasteiger charge is 2.30. The van der Waals surface area contributed by atoms with Gasteiger partial charge in [0.25, 0.3) is 0 Å². The zero-order valence-electron chi connectivity index (χ0n) is 10.00. The molecule has 4 rings (SSSR count). The average Bonchev–Trinajstić information content (AvgIpc) is 2.39.